The molecule has 0 spiro atoms. The molecule has 0 saturated carbocycles. The molecule has 2 heteroatoms. The van der Waals surface area contributed by atoms with Gasteiger partial charge in [0.2, 0.25) is 0 Å². The molecule has 1 fully saturated rings. The lowest BCUT2D eigenvalue weighted by Gasteiger charge is -2.18. The molecule has 14 heavy (non-hydrogen) atoms. The van der Waals surface area contributed by atoms with Crippen LogP contribution in [0.2, 0.25) is 0 Å². The van der Waals surface area contributed by atoms with E-state index in [4.69, 9.17) is 0 Å². The average Bonchev–Trinajstić information content (AvgIpc) is 2.56. The Hall–Kier alpha value is -0.0800. The zero-order valence-corrected chi connectivity index (χ0v) is 10.9. The second kappa shape index (κ2) is 7.24. The zero-order valence-electron chi connectivity index (χ0n) is 10.9. The van der Waals surface area contributed by atoms with Crippen LogP contribution >= 0.6 is 0 Å². The lowest BCUT2D eigenvalue weighted by Crippen LogP contribution is -2.26. The maximum absolute atomic E-state index is 2.53. The molecule has 1 saturated heterocycles. The summed E-state index contributed by atoms with van der Waals surface area (Å²) in [5, 5.41) is 0. The summed E-state index contributed by atoms with van der Waals surface area (Å²) >= 11 is 0. The highest BCUT2D eigenvalue weighted by Crippen LogP contribution is 2.09. The predicted molar refractivity (Wildman–Crippen MR) is 64.8 cm³/mol. The van der Waals surface area contributed by atoms with E-state index >= 15 is 0 Å². The maximum Gasteiger partial charge on any atom is 0.00385 e. The Labute approximate surface area is 90.3 Å². The van der Waals surface area contributed by atoms with E-state index in [1.54, 1.807) is 0 Å². The molecular weight excluding hydrogens is 172 g/mol. The van der Waals surface area contributed by atoms with Gasteiger partial charge in [-0.15, -0.1) is 0 Å². The minimum absolute atomic E-state index is 0.685. The van der Waals surface area contributed by atoms with E-state index in [-0.39, 0.29) is 0 Å². The van der Waals surface area contributed by atoms with E-state index in [2.05, 4.69) is 51.6 Å². The van der Waals surface area contributed by atoms with Crippen molar-refractivity contribution >= 4 is 0 Å². The number of hydrogen-bond acceptors (Lipinski definition) is 2. The van der Waals surface area contributed by atoms with Crippen LogP contribution in [0.4, 0.5) is 0 Å². The first-order chi connectivity index (χ1) is 6.45. The quantitative estimate of drug-likeness (QED) is 0.675. The Morgan fingerprint density at radius 1 is 0.929 bits per heavy atom. The molecule has 0 unspecified atom stereocenters. The summed E-state index contributed by atoms with van der Waals surface area (Å²) in [4.78, 5) is 4.69. The molecular formula is C12H28N2. The van der Waals surface area contributed by atoms with Crippen LogP contribution in [0.15, 0.2) is 0 Å². The predicted octanol–water partition coefficient (Wildman–Crippen LogP) is 2.45. The molecule has 0 bridgehead atoms. The van der Waals surface area contributed by atoms with Gasteiger partial charge in [0.1, 0.15) is 0 Å². The molecule has 0 N–H and O–H groups in total. The third-order valence-corrected chi connectivity index (χ3v) is 2.90. The Morgan fingerprint density at radius 2 is 1.29 bits per heavy atom. The van der Waals surface area contributed by atoms with Crippen LogP contribution in [0.25, 0.3) is 0 Å². The minimum Gasteiger partial charge on any atom is -0.307 e. The Morgan fingerprint density at radius 3 is 1.43 bits per heavy atom. The molecule has 0 aromatic carbocycles. The summed E-state index contributed by atoms with van der Waals surface area (Å²) in [5.41, 5.74) is 0. The summed E-state index contributed by atoms with van der Waals surface area (Å²) < 4.78 is 0. The lowest BCUT2D eigenvalue weighted by atomic mass is 10.3. The first-order valence-electron chi connectivity index (χ1n) is 5.85. The second-order valence-electron chi connectivity index (χ2n) is 4.89. The first-order valence-corrected chi connectivity index (χ1v) is 5.85. The van der Waals surface area contributed by atoms with E-state index in [0.717, 1.165) is 6.04 Å². The van der Waals surface area contributed by atoms with Crippen LogP contribution in [-0.2, 0) is 0 Å². The van der Waals surface area contributed by atoms with E-state index in [0.29, 0.717) is 6.04 Å². The van der Waals surface area contributed by atoms with E-state index in [1.807, 2.05) is 0 Å². The molecule has 0 radical (unpaired) electrons. The number of nitrogens with zero attached hydrogens (tertiary/aromatic N) is 2. The Balaban J connectivity index is 0.000000255. The van der Waals surface area contributed by atoms with Gasteiger partial charge in [0.15, 0.2) is 0 Å². The van der Waals surface area contributed by atoms with Gasteiger partial charge in [-0.25, -0.2) is 0 Å². The van der Waals surface area contributed by atoms with Crippen molar-refractivity contribution in [2.45, 2.75) is 52.6 Å². The molecule has 2 nitrogen and oxygen atoms in total. The molecule has 86 valence electrons. The van der Waals surface area contributed by atoms with E-state index < -0.39 is 0 Å². The molecule has 0 atom stereocenters. The fraction of sp³-hybridized carbons (Fsp3) is 1.00. The molecule has 0 aromatic heterocycles. The number of rotatable bonds is 2. The number of likely N-dealkylation sites (tertiary alicyclic amines) is 1. The van der Waals surface area contributed by atoms with Crippen molar-refractivity contribution in [1.82, 2.24) is 9.80 Å². The molecule has 1 aliphatic heterocycles. The van der Waals surface area contributed by atoms with Crippen molar-refractivity contribution in [3.63, 3.8) is 0 Å². The van der Waals surface area contributed by atoms with Crippen LogP contribution in [-0.4, -0.2) is 49.1 Å². The summed E-state index contributed by atoms with van der Waals surface area (Å²) in [5.74, 6) is 0. The van der Waals surface area contributed by atoms with Crippen LogP contribution in [0.1, 0.15) is 40.5 Å². The number of hydrogen-bond donors (Lipinski definition) is 0. The Bertz CT molecular complexity index is 118. The van der Waals surface area contributed by atoms with Crippen LogP contribution < -0.4 is 0 Å². The average molecular weight is 200 g/mol. The zero-order chi connectivity index (χ0) is 11.1. The van der Waals surface area contributed by atoms with E-state index in [1.165, 1.54) is 25.9 Å². The van der Waals surface area contributed by atoms with Gasteiger partial charge >= 0.3 is 0 Å². The topological polar surface area (TPSA) is 6.48 Å². The monoisotopic (exact) mass is 200 g/mol. The van der Waals surface area contributed by atoms with Crippen molar-refractivity contribution in [3.8, 4) is 0 Å². The standard InChI is InChI=1S/C7H15N.C5H13N/c1-7(2)8-5-3-4-6-8;1-5(2)6(3)4/h7H,3-6H2,1-2H3;5H,1-4H3. The van der Waals surface area contributed by atoms with Crippen molar-refractivity contribution < 1.29 is 0 Å². The fourth-order valence-corrected chi connectivity index (χ4v) is 1.26. The van der Waals surface area contributed by atoms with Gasteiger partial charge in [-0.2, -0.15) is 0 Å². The molecule has 0 aliphatic carbocycles. The van der Waals surface area contributed by atoms with Gasteiger partial charge in [-0.1, -0.05) is 0 Å². The molecule has 0 aromatic rings. The van der Waals surface area contributed by atoms with Crippen molar-refractivity contribution in [2.75, 3.05) is 27.2 Å². The lowest BCUT2D eigenvalue weighted by molar-refractivity contribution is 0.276. The van der Waals surface area contributed by atoms with Gasteiger partial charge in [-0.05, 0) is 67.7 Å². The SMILES string of the molecule is CC(C)N(C)C.CC(C)N1CCCC1. The van der Waals surface area contributed by atoms with Crippen molar-refractivity contribution in [2.24, 2.45) is 0 Å². The normalized spacial score (nSPS) is 17.8. The largest absolute Gasteiger partial charge is 0.307 e. The second-order valence-corrected chi connectivity index (χ2v) is 4.89. The van der Waals surface area contributed by atoms with Gasteiger partial charge in [0.25, 0.3) is 0 Å². The van der Waals surface area contributed by atoms with Crippen LogP contribution in [0.5, 0.6) is 0 Å². The van der Waals surface area contributed by atoms with Gasteiger partial charge in [0, 0.05) is 12.1 Å². The van der Waals surface area contributed by atoms with Crippen molar-refractivity contribution in [1.29, 1.82) is 0 Å². The summed E-state index contributed by atoms with van der Waals surface area (Å²) in [7, 11) is 4.15. The van der Waals surface area contributed by atoms with Crippen molar-refractivity contribution in [3.05, 3.63) is 0 Å². The highest BCUT2D eigenvalue weighted by atomic mass is 15.2. The molecule has 1 rings (SSSR count). The maximum atomic E-state index is 2.53. The van der Waals surface area contributed by atoms with Crippen LogP contribution in [0, 0.1) is 0 Å². The molecule has 1 aliphatic rings. The summed E-state index contributed by atoms with van der Waals surface area (Å²) in [6.45, 7) is 11.5. The highest BCUT2D eigenvalue weighted by molar-refractivity contribution is 4.68. The third-order valence-electron chi connectivity index (χ3n) is 2.90. The van der Waals surface area contributed by atoms with Gasteiger partial charge in [-0.3, -0.25) is 0 Å². The fourth-order valence-electron chi connectivity index (χ4n) is 1.26. The first kappa shape index (κ1) is 13.9. The Kier molecular flexibility index (Phi) is 7.20. The summed E-state index contributed by atoms with van der Waals surface area (Å²) in [6.07, 6.45) is 2.83. The minimum atomic E-state index is 0.685. The highest BCUT2D eigenvalue weighted by Gasteiger charge is 2.13. The molecule has 0 amide bonds. The summed E-state index contributed by atoms with van der Waals surface area (Å²) in [6, 6.07) is 1.46. The van der Waals surface area contributed by atoms with Gasteiger partial charge < -0.3 is 9.80 Å². The smallest absolute Gasteiger partial charge is 0.00385 e. The molecule has 1 heterocycles. The van der Waals surface area contributed by atoms with Crippen LogP contribution in [0.3, 0.4) is 0 Å². The van der Waals surface area contributed by atoms with Gasteiger partial charge in [0.05, 0.1) is 0 Å². The van der Waals surface area contributed by atoms with E-state index in [9.17, 15) is 0 Å². The third kappa shape index (κ3) is 6.39.